The van der Waals surface area contributed by atoms with Crippen molar-refractivity contribution in [2.45, 2.75) is 6.54 Å². The second-order valence-corrected chi connectivity index (χ2v) is 8.54. The topological polar surface area (TPSA) is 99.3 Å². The van der Waals surface area contributed by atoms with Crippen molar-refractivity contribution < 1.29 is 0 Å². The average molecular weight is 447 g/mol. The van der Waals surface area contributed by atoms with Crippen LogP contribution in [0.15, 0.2) is 73.4 Å². The molecule has 0 saturated heterocycles. The third kappa shape index (κ3) is 3.60. The molecule has 1 aromatic carbocycles. The van der Waals surface area contributed by atoms with Crippen LogP contribution >= 0.6 is 0 Å². The summed E-state index contributed by atoms with van der Waals surface area (Å²) in [5.74, 6) is 0.691. The Morgan fingerprint density at radius 1 is 0.882 bits per heavy atom. The minimum Gasteiger partial charge on any atom is -0.337 e. The highest BCUT2D eigenvalue weighted by atomic mass is 15.2. The second-order valence-electron chi connectivity index (χ2n) is 8.54. The van der Waals surface area contributed by atoms with Crippen LogP contribution in [0.5, 0.6) is 0 Å². The van der Waals surface area contributed by atoms with Crippen LogP contribution in [0.4, 0.5) is 0 Å². The van der Waals surface area contributed by atoms with Gasteiger partial charge in [0.15, 0.2) is 11.5 Å². The van der Waals surface area contributed by atoms with E-state index in [1.807, 2.05) is 63.1 Å². The number of imidazole rings is 1. The molecule has 6 rings (SSSR count). The quantitative estimate of drug-likeness (QED) is 0.399. The fraction of sp³-hybridized carbons (Fsp3) is 0.115. The minimum absolute atomic E-state index is 0.691. The summed E-state index contributed by atoms with van der Waals surface area (Å²) in [6, 6.07) is 14.3. The molecular weight excluding hydrogens is 424 g/mol. The number of nitrogens with zero attached hydrogens (tertiary/aromatic N) is 6. The second kappa shape index (κ2) is 8.17. The number of rotatable bonds is 5. The van der Waals surface area contributed by atoms with Crippen molar-refractivity contribution in [3.8, 4) is 33.8 Å². The van der Waals surface area contributed by atoms with E-state index in [1.54, 1.807) is 6.20 Å². The van der Waals surface area contributed by atoms with E-state index in [2.05, 4.69) is 53.2 Å². The number of fused-ring (bicyclic) bond motifs is 2. The lowest BCUT2D eigenvalue weighted by atomic mass is 10.1. The summed E-state index contributed by atoms with van der Waals surface area (Å²) in [7, 11) is 4.09. The zero-order valence-electron chi connectivity index (χ0n) is 18.8. The molecule has 34 heavy (non-hydrogen) atoms. The molecule has 0 unspecified atom stereocenters. The number of hydrogen-bond acceptors (Lipinski definition) is 6. The molecule has 166 valence electrons. The summed E-state index contributed by atoms with van der Waals surface area (Å²) in [5.41, 5.74) is 8.46. The maximum absolute atomic E-state index is 4.92. The van der Waals surface area contributed by atoms with Gasteiger partial charge in [-0.15, -0.1) is 0 Å². The first-order valence-corrected chi connectivity index (χ1v) is 11.0. The van der Waals surface area contributed by atoms with Gasteiger partial charge in [-0.2, -0.15) is 5.10 Å². The smallest absolute Gasteiger partial charge is 0.159 e. The molecule has 8 heteroatoms. The molecule has 0 aliphatic rings. The largest absolute Gasteiger partial charge is 0.337 e. The van der Waals surface area contributed by atoms with Gasteiger partial charge in [0.05, 0.1) is 16.4 Å². The summed E-state index contributed by atoms with van der Waals surface area (Å²) >= 11 is 0. The number of H-pyrrole nitrogens is 2. The Bertz CT molecular complexity index is 1610. The fourth-order valence-electron chi connectivity index (χ4n) is 4.24. The Morgan fingerprint density at radius 2 is 1.76 bits per heavy atom. The standard InChI is InChI=1S/C26H22N8/c1-34(2)15-16-9-18(13-28-11-16)19-10-21-24(32-33-25(21)29-14-19)26-30-22-7-3-6-20(23(22)31-26)17-5-4-8-27-12-17/h3-14H,15H2,1-2H3,(H,30,31)(H,29,32,33). The molecule has 0 aliphatic carbocycles. The van der Waals surface area contributed by atoms with E-state index < -0.39 is 0 Å². The molecule has 0 aliphatic heterocycles. The van der Waals surface area contributed by atoms with Crippen molar-refractivity contribution in [3.63, 3.8) is 0 Å². The van der Waals surface area contributed by atoms with Gasteiger partial charge >= 0.3 is 0 Å². The normalized spacial score (nSPS) is 11.6. The lowest BCUT2D eigenvalue weighted by Gasteiger charge is -2.10. The van der Waals surface area contributed by atoms with Gasteiger partial charge in [0.1, 0.15) is 5.69 Å². The number of pyridine rings is 3. The molecule has 0 spiro atoms. The predicted octanol–water partition coefficient (Wildman–Crippen LogP) is 4.69. The number of nitrogens with one attached hydrogen (secondary N) is 2. The van der Waals surface area contributed by atoms with Gasteiger partial charge in [0.25, 0.3) is 0 Å². The molecular formula is C26H22N8. The maximum atomic E-state index is 4.92. The van der Waals surface area contributed by atoms with Gasteiger partial charge in [0.2, 0.25) is 0 Å². The van der Waals surface area contributed by atoms with E-state index in [9.17, 15) is 0 Å². The van der Waals surface area contributed by atoms with Crippen LogP contribution in [0.2, 0.25) is 0 Å². The molecule has 2 N–H and O–H groups in total. The summed E-state index contributed by atoms with van der Waals surface area (Å²) < 4.78 is 0. The lowest BCUT2D eigenvalue weighted by molar-refractivity contribution is 0.402. The number of aromatic nitrogens is 7. The molecule has 0 saturated carbocycles. The predicted molar refractivity (Wildman–Crippen MR) is 133 cm³/mol. The van der Waals surface area contributed by atoms with Crippen molar-refractivity contribution in [1.82, 2.24) is 40.0 Å². The highest BCUT2D eigenvalue weighted by Crippen LogP contribution is 2.32. The van der Waals surface area contributed by atoms with E-state index in [4.69, 9.17) is 4.98 Å². The van der Waals surface area contributed by atoms with Crippen LogP contribution in [-0.2, 0) is 6.54 Å². The number of para-hydroxylation sites is 1. The molecule has 6 aromatic rings. The summed E-state index contributed by atoms with van der Waals surface area (Å²) in [5, 5.41) is 8.48. The van der Waals surface area contributed by atoms with Crippen molar-refractivity contribution >= 4 is 22.1 Å². The van der Waals surface area contributed by atoms with Crippen molar-refractivity contribution in [1.29, 1.82) is 0 Å². The van der Waals surface area contributed by atoms with E-state index >= 15 is 0 Å². The zero-order valence-corrected chi connectivity index (χ0v) is 18.8. The molecule has 8 nitrogen and oxygen atoms in total. The summed E-state index contributed by atoms with van der Waals surface area (Å²) in [6.45, 7) is 0.825. The van der Waals surface area contributed by atoms with Gasteiger partial charge in [-0.05, 0) is 43.9 Å². The Hall–Kier alpha value is -4.43. The highest BCUT2D eigenvalue weighted by Gasteiger charge is 2.16. The molecule has 0 bridgehead atoms. The molecule has 0 atom stereocenters. The Balaban J connectivity index is 1.45. The van der Waals surface area contributed by atoms with Crippen LogP contribution in [0.1, 0.15) is 5.56 Å². The monoisotopic (exact) mass is 446 g/mol. The Morgan fingerprint density at radius 3 is 2.62 bits per heavy atom. The lowest BCUT2D eigenvalue weighted by Crippen LogP contribution is -2.10. The van der Waals surface area contributed by atoms with Crippen molar-refractivity contribution in [3.05, 3.63) is 79.0 Å². The fourth-order valence-corrected chi connectivity index (χ4v) is 4.24. The first-order valence-electron chi connectivity index (χ1n) is 11.0. The summed E-state index contributed by atoms with van der Waals surface area (Å²) in [4.78, 5) is 23.8. The molecule has 0 fully saturated rings. The van der Waals surface area contributed by atoms with Gasteiger partial charge in [-0.25, -0.2) is 9.97 Å². The molecule has 0 radical (unpaired) electrons. The SMILES string of the molecule is CN(C)Cc1cncc(-c2cnc3[nH]nc(-c4nc5c(-c6cccnc6)cccc5[nH]4)c3c2)c1. The van der Waals surface area contributed by atoms with Crippen LogP contribution in [0.3, 0.4) is 0 Å². The zero-order chi connectivity index (χ0) is 23.1. The van der Waals surface area contributed by atoms with E-state index in [0.717, 1.165) is 56.5 Å². The molecule has 5 heterocycles. The minimum atomic E-state index is 0.691. The van der Waals surface area contributed by atoms with Crippen molar-refractivity contribution in [2.24, 2.45) is 0 Å². The Kier molecular flexibility index (Phi) is 4.85. The molecule has 5 aromatic heterocycles. The number of hydrogen-bond donors (Lipinski definition) is 2. The number of benzene rings is 1. The average Bonchev–Trinajstić information content (AvgIpc) is 3.48. The van der Waals surface area contributed by atoms with E-state index in [-0.39, 0.29) is 0 Å². The van der Waals surface area contributed by atoms with Gasteiger partial charge in [0, 0.05) is 59.8 Å². The van der Waals surface area contributed by atoms with Crippen LogP contribution in [0, 0.1) is 0 Å². The summed E-state index contributed by atoms with van der Waals surface area (Å²) in [6.07, 6.45) is 9.23. The van der Waals surface area contributed by atoms with Gasteiger partial charge < -0.3 is 9.88 Å². The third-order valence-electron chi connectivity index (χ3n) is 5.75. The van der Waals surface area contributed by atoms with Crippen LogP contribution in [0.25, 0.3) is 55.8 Å². The molecule has 0 amide bonds. The number of aromatic amines is 2. The Labute approximate surface area is 195 Å². The third-order valence-corrected chi connectivity index (χ3v) is 5.75. The van der Waals surface area contributed by atoms with Crippen LogP contribution in [-0.4, -0.2) is 54.1 Å². The van der Waals surface area contributed by atoms with E-state index in [0.29, 0.717) is 11.5 Å². The first kappa shape index (κ1) is 20.2. The van der Waals surface area contributed by atoms with E-state index in [1.165, 1.54) is 0 Å². The van der Waals surface area contributed by atoms with Crippen molar-refractivity contribution in [2.75, 3.05) is 14.1 Å². The van der Waals surface area contributed by atoms with Crippen LogP contribution < -0.4 is 0 Å². The highest BCUT2D eigenvalue weighted by molar-refractivity contribution is 5.97. The van der Waals surface area contributed by atoms with Gasteiger partial charge in [-0.3, -0.25) is 15.1 Å². The van der Waals surface area contributed by atoms with Gasteiger partial charge in [-0.1, -0.05) is 18.2 Å². The maximum Gasteiger partial charge on any atom is 0.159 e. The first-order chi connectivity index (χ1) is 16.7.